The number of carbonyl (C=O) groups excluding carboxylic acids is 2. The highest BCUT2D eigenvalue weighted by molar-refractivity contribution is 5.89. The van der Waals surface area contributed by atoms with Gasteiger partial charge in [0.25, 0.3) is 0 Å². The van der Waals surface area contributed by atoms with Gasteiger partial charge in [0.15, 0.2) is 0 Å². The van der Waals surface area contributed by atoms with Gasteiger partial charge in [-0.15, -0.1) is 0 Å². The molecule has 6 nitrogen and oxygen atoms in total. The highest BCUT2D eigenvalue weighted by atomic mass is 16.5. The lowest BCUT2D eigenvalue weighted by Gasteiger charge is -2.05. The Hall–Kier alpha value is -3.93. The second kappa shape index (κ2) is 8.84. The lowest BCUT2D eigenvalue weighted by Crippen LogP contribution is -2.04. The average molecular weight is 390 g/mol. The summed E-state index contributed by atoms with van der Waals surface area (Å²) >= 11 is 0. The van der Waals surface area contributed by atoms with Crippen molar-refractivity contribution in [1.29, 1.82) is 0 Å². The van der Waals surface area contributed by atoms with E-state index < -0.39 is 17.6 Å². The fourth-order valence-corrected chi connectivity index (χ4v) is 2.42. The molecule has 3 aromatic rings. The summed E-state index contributed by atoms with van der Waals surface area (Å²) in [7, 11) is 0. The van der Waals surface area contributed by atoms with Crippen molar-refractivity contribution in [2.45, 2.75) is 13.5 Å². The number of ether oxygens (including phenoxy) is 2. The van der Waals surface area contributed by atoms with Crippen molar-refractivity contribution >= 4 is 29.0 Å². The van der Waals surface area contributed by atoms with Gasteiger partial charge in [0.05, 0.1) is 0 Å². The van der Waals surface area contributed by atoms with Gasteiger partial charge in [-0.25, -0.2) is 14.4 Å². The third-order valence-electron chi connectivity index (χ3n) is 3.92. The summed E-state index contributed by atoms with van der Waals surface area (Å²) in [6, 6.07) is 14.8. The van der Waals surface area contributed by atoms with E-state index in [0.717, 1.165) is 11.1 Å². The van der Waals surface area contributed by atoms with Crippen LogP contribution < -0.4 is 10.4 Å². The number of esters is 2. The molecule has 1 aromatic heterocycles. The van der Waals surface area contributed by atoms with Crippen LogP contribution >= 0.6 is 0 Å². The van der Waals surface area contributed by atoms with Crippen molar-refractivity contribution in [3.05, 3.63) is 94.4 Å². The van der Waals surface area contributed by atoms with Crippen LogP contribution in [-0.2, 0) is 20.9 Å². The Morgan fingerprint density at radius 2 is 1.83 bits per heavy atom. The monoisotopic (exact) mass is 390 g/mol. The zero-order chi connectivity index (χ0) is 20.8. The minimum Gasteiger partial charge on any atom is -0.457 e. The summed E-state index contributed by atoms with van der Waals surface area (Å²) in [5, 5.41) is 0.654. The van der Waals surface area contributed by atoms with Crippen molar-refractivity contribution in [2.75, 3.05) is 0 Å². The molecule has 2 aromatic carbocycles. The number of benzene rings is 2. The molecule has 0 unspecified atom stereocenters. The van der Waals surface area contributed by atoms with Gasteiger partial charge in [0.1, 0.15) is 17.9 Å². The highest BCUT2D eigenvalue weighted by Crippen LogP contribution is 2.19. The lowest BCUT2D eigenvalue weighted by atomic mass is 10.1. The second-order valence-corrected chi connectivity index (χ2v) is 6.31. The van der Waals surface area contributed by atoms with E-state index in [0.29, 0.717) is 22.3 Å². The molecule has 0 aliphatic heterocycles. The molecule has 6 heteroatoms. The molecule has 0 aliphatic carbocycles. The molecule has 0 bridgehead atoms. The quantitative estimate of drug-likeness (QED) is 0.273. The predicted molar refractivity (Wildman–Crippen MR) is 108 cm³/mol. The van der Waals surface area contributed by atoms with Gasteiger partial charge in [0, 0.05) is 23.1 Å². The van der Waals surface area contributed by atoms with E-state index in [9.17, 15) is 14.4 Å². The van der Waals surface area contributed by atoms with Crippen molar-refractivity contribution < 1.29 is 23.5 Å². The third kappa shape index (κ3) is 5.52. The van der Waals surface area contributed by atoms with Crippen LogP contribution in [-0.4, -0.2) is 11.9 Å². The van der Waals surface area contributed by atoms with Crippen LogP contribution in [0.25, 0.3) is 17.0 Å². The predicted octanol–water partition coefficient (Wildman–Crippen LogP) is 4.03. The number of hydrogen-bond acceptors (Lipinski definition) is 6. The van der Waals surface area contributed by atoms with E-state index in [2.05, 4.69) is 6.58 Å². The summed E-state index contributed by atoms with van der Waals surface area (Å²) < 4.78 is 15.4. The van der Waals surface area contributed by atoms with Gasteiger partial charge in [-0.3, -0.25) is 0 Å². The van der Waals surface area contributed by atoms with Crippen molar-refractivity contribution in [2.24, 2.45) is 0 Å². The SMILES string of the molecule is C=C(C)C(=O)OCc1ccc(/C=C/C(=O)Oc2ccc3oc(=O)ccc3c2)cc1. The smallest absolute Gasteiger partial charge is 0.336 e. The van der Waals surface area contributed by atoms with Crippen molar-refractivity contribution in [1.82, 2.24) is 0 Å². The van der Waals surface area contributed by atoms with E-state index in [-0.39, 0.29) is 6.61 Å². The molecule has 0 fully saturated rings. The first-order chi connectivity index (χ1) is 13.9. The van der Waals surface area contributed by atoms with E-state index in [1.165, 1.54) is 12.1 Å². The largest absolute Gasteiger partial charge is 0.457 e. The number of fused-ring (bicyclic) bond motifs is 1. The Balaban J connectivity index is 1.58. The van der Waals surface area contributed by atoms with E-state index in [4.69, 9.17) is 13.9 Å². The first-order valence-corrected chi connectivity index (χ1v) is 8.76. The molecular weight excluding hydrogens is 372 g/mol. The highest BCUT2D eigenvalue weighted by Gasteiger charge is 2.05. The second-order valence-electron chi connectivity index (χ2n) is 6.31. The molecule has 0 atom stereocenters. The number of carbonyl (C=O) groups is 2. The minimum absolute atomic E-state index is 0.153. The summed E-state index contributed by atoms with van der Waals surface area (Å²) in [6.45, 7) is 5.27. The number of hydrogen-bond donors (Lipinski definition) is 0. The standard InChI is InChI=1S/C23H18O6/c1-15(2)23(26)27-14-17-5-3-16(4-6-17)7-11-21(24)28-19-9-10-20-18(13-19)8-12-22(25)29-20/h3-13H,1,14H2,2H3/b11-7+. The average Bonchev–Trinajstić information content (AvgIpc) is 2.71. The minimum atomic E-state index is -0.541. The molecule has 1 heterocycles. The van der Waals surface area contributed by atoms with E-state index in [1.54, 1.807) is 61.5 Å². The van der Waals surface area contributed by atoms with Gasteiger partial charge in [-0.1, -0.05) is 30.8 Å². The summed E-state index contributed by atoms with van der Waals surface area (Å²) in [5.74, 6) is -0.635. The molecule has 0 N–H and O–H groups in total. The fourth-order valence-electron chi connectivity index (χ4n) is 2.42. The Kier molecular flexibility index (Phi) is 6.04. The van der Waals surface area contributed by atoms with E-state index >= 15 is 0 Å². The first-order valence-electron chi connectivity index (χ1n) is 8.76. The molecule has 29 heavy (non-hydrogen) atoms. The van der Waals surface area contributed by atoms with Crippen molar-refractivity contribution in [3.63, 3.8) is 0 Å². The lowest BCUT2D eigenvalue weighted by molar-refractivity contribution is -0.140. The maximum Gasteiger partial charge on any atom is 0.336 e. The Bertz CT molecular complexity index is 1150. The Morgan fingerprint density at radius 1 is 1.07 bits per heavy atom. The first kappa shape index (κ1) is 19.8. The molecule has 0 saturated heterocycles. The van der Waals surface area contributed by atoms with Crippen LogP contribution in [0.15, 0.2) is 82.0 Å². The zero-order valence-corrected chi connectivity index (χ0v) is 15.7. The molecule has 146 valence electrons. The molecule has 0 amide bonds. The zero-order valence-electron chi connectivity index (χ0n) is 15.7. The van der Waals surface area contributed by atoms with Gasteiger partial charge in [0.2, 0.25) is 0 Å². The van der Waals surface area contributed by atoms with Crippen LogP contribution in [0.1, 0.15) is 18.1 Å². The normalized spacial score (nSPS) is 10.8. The Labute approximate surface area is 166 Å². The molecule has 0 aliphatic rings. The van der Waals surface area contributed by atoms with Crippen LogP contribution in [0.3, 0.4) is 0 Å². The van der Waals surface area contributed by atoms with Crippen molar-refractivity contribution in [3.8, 4) is 5.75 Å². The van der Waals surface area contributed by atoms with Crippen LogP contribution in [0, 0.1) is 0 Å². The van der Waals surface area contributed by atoms with Crippen LogP contribution in [0.2, 0.25) is 0 Å². The van der Waals surface area contributed by atoms with E-state index in [1.807, 2.05) is 0 Å². The maximum absolute atomic E-state index is 12.0. The summed E-state index contributed by atoms with van der Waals surface area (Å²) in [5.41, 5.74) is 1.94. The molecule has 0 radical (unpaired) electrons. The van der Waals surface area contributed by atoms with Gasteiger partial charge in [-0.05, 0) is 48.4 Å². The molecule has 3 rings (SSSR count). The van der Waals surface area contributed by atoms with Crippen LogP contribution in [0.5, 0.6) is 5.75 Å². The summed E-state index contributed by atoms with van der Waals surface area (Å²) in [4.78, 5) is 34.6. The van der Waals surface area contributed by atoms with Gasteiger partial charge < -0.3 is 13.9 Å². The maximum atomic E-state index is 12.0. The fraction of sp³-hybridized carbons (Fsp3) is 0.0870. The summed E-state index contributed by atoms with van der Waals surface area (Å²) in [6.07, 6.45) is 2.93. The molecule has 0 spiro atoms. The topological polar surface area (TPSA) is 82.8 Å². The van der Waals surface area contributed by atoms with Crippen LogP contribution in [0.4, 0.5) is 0 Å². The Morgan fingerprint density at radius 3 is 2.55 bits per heavy atom. The third-order valence-corrected chi connectivity index (χ3v) is 3.92. The molecule has 0 saturated carbocycles. The molecular formula is C23H18O6. The number of rotatable bonds is 6. The van der Waals surface area contributed by atoms with Gasteiger partial charge >= 0.3 is 17.6 Å². The van der Waals surface area contributed by atoms with Gasteiger partial charge in [-0.2, -0.15) is 0 Å².